The fraction of sp³-hybridized carbons (Fsp3) is 0.517. The largest absolute Gasteiger partial charge is 0.291 e. The normalized spacial score (nSPS) is 11.5. The summed E-state index contributed by atoms with van der Waals surface area (Å²) in [6.45, 7) is 5.30. The van der Waals surface area contributed by atoms with Gasteiger partial charge in [-0.2, -0.15) is 0 Å². The van der Waals surface area contributed by atoms with E-state index in [0.717, 1.165) is 19.6 Å². The van der Waals surface area contributed by atoms with Gasteiger partial charge in [0, 0.05) is 19.6 Å². The molecule has 0 aliphatic carbocycles. The molecule has 0 atom stereocenters. The lowest BCUT2D eigenvalue weighted by Gasteiger charge is -2.21. The van der Waals surface area contributed by atoms with Crippen LogP contribution in [0.3, 0.4) is 0 Å². The van der Waals surface area contributed by atoms with Crippen molar-refractivity contribution < 1.29 is 0 Å². The third kappa shape index (κ3) is 12.0. The fourth-order valence-corrected chi connectivity index (χ4v) is 3.96. The first-order chi connectivity index (χ1) is 14.9. The lowest BCUT2D eigenvalue weighted by Crippen LogP contribution is -2.22. The van der Waals surface area contributed by atoms with Gasteiger partial charge in [-0.1, -0.05) is 138 Å². The molecule has 2 rings (SSSR count). The predicted molar refractivity (Wildman–Crippen MR) is 133 cm³/mol. The number of nitrogens with zero attached hydrogens (tertiary/aromatic N) is 1. The second-order valence-corrected chi connectivity index (χ2v) is 8.58. The van der Waals surface area contributed by atoms with Crippen molar-refractivity contribution in [2.75, 3.05) is 6.54 Å². The first-order valence-electron chi connectivity index (χ1n) is 12.3. The Morgan fingerprint density at radius 2 is 1.03 bits per heavy atom. The first kappa shape index (κ1) is 24.4. The Kier molecular flexibility index (Phi) is 13.7. The molecule has 0 unspecified atom stereocenters. The van der Waals surface area contributed by atoms with Gasteiger partial charge in [-0.05, 0) is 24.0 Å². The van der Waals surface area contributed by atoms with E-state index in [1.807, 2.05) is 0 Å². The summed E-state index contributed by atoms with van der Waals surface area (Å²) in [4.78, 5) is 2.53. The molecule has 2 aromatic carbocycles. The summed E-state index contributed by atoms with van der Waals surface area (Å²) in [5, 5.41) is 0. The van der Waals surface area contributed by atoms with E-state index in [4.69, 9.17) is 0 Å². The summed E-state index contributed by atoms with van der Waals surface area (Å²) in [5.41, 5.74) is 2.77. The molecular formula is C29H43N. The molecule has 0 saturated heterocycles. The van der Waals surface area contributed by atoms with Crippen LogP contribution in [0.25, 0.3) is 0 Å². The van der Waals surface area contributed by atoms with Crippen LogP contribution < -0.4 is 0 Å². The topological polar surface area (TPSA) is 3.24 Å². The van der Waals surface area contributed by atoms with Crippen LogP contribution in [0.4, 0.5) is 0 Å². The summed E-state index contributed by atoms with van der Waals surface area (Å²) in [7, 11) is 0. The van der Waals surface area contributed by atoms with Gasteiger partial charge in [0.05, 0.1) is 0 Å². The van der Waals surface area contributed by atoms with Gasteiger partial charge in [0.25, 0.3) is 0 Å². The zero-order valence-corrected chi connectivity index (χ0v) is 19.3. The number of unbranched alkanes of at least 4 members (excludes halogenated alkanes) is 10. The van der Waals surface area contributed by atoms with E-state index in [1.54, 1.807) is 0 Å². The molecule has 0 aromatic heterocycles. The van der Waals surface area contributed by atoms with Gasteiger partial charge < -0.3 is 0 Å². The second-order valence-electron chi connectivity index (χ2n) is 8.58. The number of hydrogen-bond acceptors (Lipinski definition) is 1. The molecule has 30 heavy (non-hydrogen) atoms. The number of allylic oxidation sites excluding steroid dienone is 1. The standard InChI is InChI=1S/C29H43N/c1-2-3-4-5-6-7-8-9-10-11-12-13-20-25-30(26-28-21-16-14-17-22-28)27-29-23-18-15-19-24-29/h13-24H,2-12,25-27H2,1H3/b20-13-. The first-order valence-corrected chi connectivity index (χ1v) is 12.3. The van der Waals surface area contributed by atoms with E-state index in [9.17, 15) is 0 Å². The lowest BCUT2D eigenvalue weighted by atomic mass is 10.1. The smallest absolute Gasteiger partial charge is 0.0240 e. The SMILES string of the molecule is CCCCCCCCCCCC/C=C\CN(Cc1ccccc1)Cc1ccccc1. The Morgan fingerprint density at radius 3 is 1.53 bits per heavy atom. The van der Waals surface area contributed by atoms with E-state index in [1.165, 1.54) is 81.8 Å². The Bertz CT molecular complexity index is 605. The van der Waals surface area contributed by atoms with Crippen LogP contribution in [-0.2, 0) is 13.1 Å². The molecule has 0 aliphatic heterocycles. The molecule has 0 heterocycles. The zero-order valence-electron chi connectivity index (χ0n) is 19.3. The summed E-state index contributed by atoms with van der Waals surface area (Å²) in [6, 6.07) is 21.6. The van der Waals surface area contributed by atoms with E-state index >= 15 is 0 Å². The minimum Gasteiger partial charge on any atom is -0.291 e. The lowest BCUT2D eigenvalue weighted by molar-refractivity contribution is 0.285. The van der Waals surface area contributed by atoms with E-state index < -0.39 is 0 Å². The van der Waals surface area contributed by atoms with Crippen molar-refractivity contribution in [3.63, 3.8) is 0 Å². The van der Waals surface area contributed by atoms with E-state index in [0.29, 0.717) is 0 Å². The maximum absolute atomic E-state index is 2.53. The summed E-state index contributed by atoms with van der Waals surface area (Å²) >= 11 is 0. The fourth-order valence-electron chi connectivity index (χ4n) is 3.96. The van der Waals surface area contributed by atoms with Crippen molar-refractivity contribution in [3.05, 3.63) is 83.9 Å². The third-order valence-corrected chi connectivity index (χ3v) is 5.75. The minimum atomic E-state index is 0.998. The predicted octanol–water partition coefficient (Wildman–Crippen LogP) is 8.56. The maximum Gasteiger partial charge on any atom is 0.0240 e. The Hall–Kier alpha value is -1.86. The van der Waals surface area contributed by atoms with Crippen LogP contribution in [0, 0.1) is 0 Å². The van der Waals surface area contributed by atoms with Crippen LogP contribution in [-0.4, -0.2) is 11.4 Å². The molecule has 164 valence electrons. The molecule has 0 amide bonds. The third-order valence-electron chi connectivity index (χ3n) is 5.75. The highest BCUT2D eigenvalue weighted by molar-refractivity contribution is 5.17. The quantitative estimate of drug-likeness (QED) is 0.188. The molecule has 0 radical (unpaired) electrons. The Morgan fingerprint density at radius 1 is 0.567 bits per heavy atom. The molecule has 0 bridgehead atoms. The molecule has 1 nitrogen and oxygen atoms in total. The van der Waals surface area contributed by atoms with E-state index in [-0.39, 0.29) is 0 Å². The van der Waals surface area contributed by atoms with Gasteiger partial charge in [0.15, 0.2) is 0 Å². The minimum absolute atomic E-state index is 0.998. The summed E-state index contributed by atoms with van der Waals surface area (Å²) in [6.07, 6.45) is 20.1. The van der Waals surface area contributed by atoms with Crippen molar-refractivity contribution in [1.29, 1.82) is 0 Å². The Labute approximate surface area is 186 Å². The summed E-state index contributed by atoms with van der Waals surface area (Å²) in [5.74, 6) is 0. The van der Waals surface area contributed by atoms with Crippen LogP contribution in [0.2, 0.25) is 0 Å². The van der Waals surface area contributed by atoms with Gasteiger partial charge in [0.2, 0.25) is 0 Å². The second kappa shape index (κ2) is 16.9. The molecular weight excluding hydrogens is 362 g/mol. The molecule has 2 aromatic rings. The Balaban J connectivity index is 1.61. The van der Waals surface area contributed by atoms with Crippen molar-refractivity contribution in [3.8, 4) is 0 Å². The van der Waals surface area contributed by atoms with Gasteiger partial charge in [-0.25, -0.2) is 0 Å². The zero-order chi connectivity index (χ0) is 21.1. The number of rotatable bonds is 17. The van der Waals surface area contributed by atoms with Gasteiger partial charge in [0.1, 0.15) is 0 Å². The van der Waals surface area contributed by atoms with Gasteiger partial charge in [-0.15, -0.1) is 0 Å². The van der Waals surface area contributed by atoms with Crippen molar-refractivity contribution in [2.45, 2.75) is 90.6 Å². The van der Waals surface area contributed by atoms with Crippen LogP contribution in [0.15, 0.2) is 72.8 Å². The average Bonchev–Trinajstić information content (AvgIpc) is 2.78. The van der Waals surface area contributed by atoms with Gasteiger partial charge >= 0.3 is 0 Å². The van der Waals surface area contributed by atoms with Gasteiger partial charge in [-0.3, -0.25) is 4.90 Å². The highest BCUT2D eigenvalue weighted by atomic mass is 15.1. The molecule has 0 fully saturated rings. The maximum atomic E-state index is 2.53. The van der Waals surface area contributed by atoms with Crippen LogP contribution in [0.1, 0.15) is 88.7 Å². The average molecular weight is 406 g/mol. The highest BCUT2D eigenvalue weighted by Crippen LogP contribution is 2.12. The van der Waals surface area contributed by atoms with Crippen LogP contribution in [0.5, 0.6) is 0 Å². The van der Waals surface area contributed by atoms with Crippen molar-refractivity contribution in [1.82, 2.24) is 4.90 Å². The number of benzene rings is 2. The van der Waals surface area contributed by atoms with E-state index in [2.05, 4.69) is 84.6 Å². The van der Waals surface area contributed by atoms with Crippen molar-refractivity contribution in [2.24, 2.45) is 0 Å². The molecule has 0 N–H and O–H groups in total. The number of hydrogen-bond donors (Lipinski definition) is 0. The van der Waals surface area contributed by atoms with Crippen molar-refractivity contribution >= 4 is 0 Å². The molecule has 0 spiro atoms. The summed E-state index contributed by atoms with van der Waals surface area (Å²) < 4.78 is 0. The van der Waals surface area contributed by atoms with Crippen LogP contribution >= 0.6 is 0 Å². The molecule has 1 heteroatoms. The monoisotopic (exact) mass is 405 g/mol. The highest BCUT2D eigenvalue weighted by Gasteiger charge is 2.05. The molecule has 0 aliphatic rings. The molecule has 0 saturated carbocycles.